The highest BCUT2D eigenvalue weighted by Gasteiger charge is 2.03. The number of halogens is 1. The Morgan fingerprint density at radius 2 is 2.12 bits per heavy atom. The second-order valence-corrected chi connectivity index (χ2v) is 5.51. The van der Waals surface area contributed by atoms with Gasteiger partial charge in [-0.3, -0.25) is 0 Å². The molecule has 1 aromatic carbocycles. The van der Waals surface area contributed by atoms with Crippen molar-refractivity contribution >= 4 is 27.7 Å². The molecule has 1 heterocycles. The zero-order valence-electron chi connectivity index (χ0n) is 9.27. The molecule has 4 heteroatoms. The van der Waals surface area contributed by atoms with Gasteiger partial charge >= 0.3 is 0 Å². The maximum Gasteiger partial charge on any atom is 0.101 e. The molecule has 1 aromatic heterocycles. The van der Waals surface area contributed by atoms with Crippen molar-refractivity contribution in [2.24, 2.45) is 5.73 Å². The molecular formula is C13H13BrN2S. The SMILES string of the molecule is NCCc1ccc(Sc2ccccn2)cc1Br. The van der Waals surface area contributed by atoms with Crippen LogP contribution in [0.3, 0.4) is 0 Å². The molecule has 0 spiro atoms. The van der Waals surface area contributed by atoms with Gasteiger partial charge in [-0.1, -0.05) is 39.8 Å². The Kier molecular flexibility index (Phi) is 4.59. The molecule has 2 aromatic rings. The fourth-order valence-corrected chi connectivity index (χ4v) is 3.02. The van der Waals surface area contributed by atoms with E-state index in [1.807, 2.05) is 18.2 Å². The molecule has 0 amide bonds. The number of hydrogen-bond donors (Lipinski definition) is 1. The first-order chi connectivity index (χ1) is 8.29. The van der Waals surface area contributed by atoms with Crippen molar-refractivity contribution in [3.05, 3.63) is 52.6 Å². The summed E-state index contributed by atoms with van der Waals surface area (Å²) in [5.41, 5.74) is 6.80. The van der Waals surface area contributed by atoms with Crippen molar-refractivity contribution in [2.75, 3.05) is 6.54 Å². The van der Waals surface area contributed by atoms with Gasteiger partial charge in [-0.05, 0) is 42.8 Å². The van der Waals surface area contributed by atoms with Gasteiger partial charge in [-0.25, -0.2) is 4.98 Å². The van der Waals surface area contributed by atoms with Crippen LogP contribution in [0.2, 0.25) is 0 Å². The minimum Gasteiger partial charge on any atom is -0.330 e. The van der Waals surface area contributed by atoms with Crippen LogP contribution in [0, 0.1) is 0 Å². The molecule has 0 aliphatic heterocycles. The Hall–Kier alpha value is -0.840. The van der Waals surface area contributed by atoms with E-state index < -0.39 is 0 Å². The molecule has 2 rings (SSSR count). The van der Waals surface area contributed by atoms with Gasteiger partial charge in [-0.15, -0.1) is 0 Å². The summed E-state index contributed by atoms with van der Waals surface area (Å²) in [4.78, 5) is 5.47. The summed E-state index contributed by atoms with van der Waals surface area (Å²) in [6.45, 7) is 0.672. The summed E-state index contributed by atoms with van der Waals surface area (Å²) in [5, 5.41) is 1.01. The monoisotopic (exact) mass is 308 g/mol. The van der Waals surface area contributed by atoms with Crippen molar-refractivity contribution in [1.82, 2.24) is 4.98 Å². The van der Waals surface area contributed by atoms with Gasteiger partial charge in [0.05, 0.1) is 0 Å². The van der Waals surface area contributed by atoms with Crippen LogP contribution in [-0.2, 0) is 6.42 Å². The van der Waals surface area contributed by atoms with Crippen LogP contribution < -0.4 is 5.73 Å². The molecule has 0 aliphatic rings. The highest BCUT2D eigenvalue weighted by molar-refractivity contribution is 9.10. The van der Waals surface area contributed by atoms with Gasteiger partial charge in [0.1, 0.15) is 5.03 Å². The van der Waals surface area contributed by atoms with Crippen molar-refractivity contribution in [3.63, 3.8) is 0 Å². The van der Waals surface area contributed by atoms with E-state index in [9.17, 15) is 0 Å². The quantitative estimate of drug-likeness (QED) is 0.939. The number of rotatable bonds is 4. The minimum atomic E-state index is 0.672. The average Bonchev–Trinajstić information content (AvgIpc) is 2.34. The Bertz CT molecular complexity index is 488. The summed E-state index contributed by atoms with van der Waals surface area (Å²) in [5.74, 6) is 0. The lowest BCUT2D eigenvalue weighted by atomic mass is 10.1. The number of hydrogen-bond acceptors (Lipinski definition) is 3. The minimum absolute atomic E-state index is 0.672. The van der Waals surface area contributed by atoms with E-state index in [1.165, 1.54) is 10.5 Å². The molecule has 2 N–H and O–H groups in total. The topological polar surface area (TPSA) is 38.9 Å². The number of benzene rings is 1. The summed E-state index contributed by atoms with van der Waals surface area (Å²) in [6, 6.07) is 12.3. The highest BCUT2D eigenvalue weighted by Crippen LogP contribution is 2.29. The lowest BCUT2D eigenvalue weighted by Gasteiger charge is -2.05. The van der Waals surface area contributed by atoms with Crippen LogP contribution in [0.25, 0.3) is 0 Å². The summed E-state index contributed by atoms with van der Waals surface area (Å²) < 4.78 is 1.11. The van der Waals surface area contributed by atoms with E-state index in [-0.39, 0.29) is 0 Å². The maximum absolute atomic E-state index is 5.56. The number of aromatic nitrogens is 1. The van der Waals surface area contributed by atoms with E-state index in [0.29, 0.717) is 6.54 Å². The molecule has 0 atom stereocenters. The largest absolute Gasteiger partial charge is 0.330 e. The summed E-state index contributed by atoms with van der Waals surface area (Å²) >= 11 is 5.23. The van der Waals surface area contributed by atoms with Gasteiger partial charge in [0.15, 0.2) is 0 Å². The van der Waals surface area contributed by atoms with Crippen LogP contribution in [0.1, 0.15) is 5.56 Å². The molecule has 0 fully saturated rings. The molecule has 17 heavy (non-hydrogen) atoms. The fraction of sp³-hybridized carbons (Fsp3) is 0.154. The number of pyridine rings is 1. The predicted molar refractivity (Wildman–Crippen MR) is 75.3 cm³/mol. The zero-order valence-corrected chi connectivity index (χ0v) is 11.7. The van der Waals surface area contributed by atoms with Gasteiger partial charge in [0.2, 0.25) is 0 Å². The highest BCUT2D eigenvalue weighted by atomic mass is 79.9. The van der Waals surface area contributed by atoms with E-state index in [1.54, 1.807) is 18.0 Å². The summed E-state index contributed by atoms with van der Waals surface area (Å²) in [6.07, 6.45) is 2.70. The average molecular weight is 309 g/mol. The van der Waals surface area contributed by atoms with Crippen LogP contribution in [-0.4, -0.2) is 11.5 Å². The molecule has 2 nitrogen and oxygen atoms in total. The van der Waals surface area contributed by atoms with Gasteiger partial charge < -0.3 is 5.73 Å². The molecular weight excluding hydrogens is 296 g/mol. The van der Waals surface area contributed by atoms with Crippen LogP contribution in [0.4, 0.5) is 0 Å². The normalized spacial score (nSPS) is 10.5. The second-order valence-electron chi connectivity index (χ2n) is 3.56. The van der Waals surface area contributed by atoms with Crippen LogP contribution in [0.5, 0.6) is 0 Å². The van der Waals surface area contributed by atoms with Gasteiger partial charge in [0.25, 0.3) is 0 Å². The molecule has 0 saturated heterocycles. The lowest BCUT2D eigenvalue weighted by Crippen LogP contribution is -2.03. The molecule has 0 saturated carbocycles. The van der Waals surface area contributed by atoms with E-state index >= 15 is 0 Å². The smallest absolute Gasteiger partial charge is 0.101 e. The summed E-state index contributed by atoms with van der Waals surface area (Å²) in [7, 11) is 0. The van der Waals surface area contributed by atoms with Crippen molar-refractivity contribution in [1.29, 1.82) is 0 Å². The second kappa shape index (κ2) is 6.19. The van der Waals surface area contributed by atoms with Gasteiger partial charge in [0, 0.05) is 15.6 Å². The third-order valence-corrected chi connectivity index (χ3v) is 3.98. The molecule has 88 valence electrons. The molecule has 0 bridgehead atoms. The number of nitrogens with zero attached hydrogens (tertiary/aromatic N) is 1. The zero-order chi connectivity index (χ0) is 12.1. The van der Waals surface area contributed by atoms with Crippen LogP contribution >= 0.6 is 27.7 Å². The Labute approximate surface area is 114 Å². The van der Waals surface area contributed by atoms with Crippen molar-refractivity contribution < 1.29 is 0 Å². The van der Waals surface area contributed by atoms with Crippen molar-refractivity contribution in [2.45, 2.75) is 16.3 Å². The Morgan fingerprint density at radius 1 is 1.24 bits per heavy atom. The fourth-order valence-electron chi connectivity index (χ4n) is 1.48. The maximum atomic E-state index is 5.56. The predicted octanol–water partition coefficient (Wildman–Crippen LogP) is 3.50. The third kappa shape index (κ3) is 3.56. The van der Waals surface area contributed by atoms with E-state index in [0.717, 1.165) is 15.9 Å². The Balaban J connectivity index is 2.15. The lowest BCUT2D eigenvalue weighted by molar-refractivity contribution is 0.960. The molecule has 0 aliphatic carbocycles. The van der Waals surface area contributed by atoms with Crippen molar-refractivity contribution in [3.8, 4) is 0 Å². The molecule has 0 unspecified atom stereocenters. The first kappa shape index (κ1) is 12.6. The third-order valence-electron chi connectivity index (χ3n) is 2.30. The van der Waals surface area contributed by atoms with E-state index in [4.69, 9.17) is 5.73 Å². The first-order valence-corrected chi connectivity index (χ1v) is 6.98. The van der Waals surface area contributed by atoms with Gasteiger partial charge in [-0.2, -0.15) is 0 Å². The Morgan fingerprint density at radius 3 is 2.76 bits per heavy atom. The van der Waals surface area contributed by atoms with E-state index in [2.05, 4.69) is 39.1 Å². The van der Waals surface area contributed by atoms with Crippen LogP contribution in [0.15, 0.2) is 57.0 Å². The molecule has 0 radical (unpaired) electrons. The first-order valence-electron chi connectivity index (χ1n) is 5.37. The number of nitrogens with two attached hydrogens (primary N) is 1. The standard InChI is InChI=1S/C13H13BrN2S/c14-12-9-11(5-4-10(12)6-7-15)17-13-3-1-2-8-16-13/h1-5,8-9H,6-7,15H2.